The molecular formula is C16H18N8O. The number of amides is 1. The molecule has 0 bridgehead atoms. The second kappa shape index (κ2) is 7.55. The van der Waals surface area contributed by atoms with Crippen molar-refractivity contribution >= 4 is 28.9 Å². The Morgan fingerprint density at radius 1 is 1.32 bits per heavy atom. The first-order chi connectivity index (χ1) is 12.2. The Kier molecular flexibility index (Phi) is 5.01. The number of carbonyl (C=O) groups excluding carboxylic acids is 1. The highest BCUT2D eigenvalue weighted by molar-refractivity contribution is 5.93. The molecule has 1 aliphatic heterocycles. The van der Waals surface area contributed by atoms with Crippen molar-refractivity contribution in [3.05, 3.63) is 29.8 Å². The quantitative estimate of drug-likeness (QED) is 0.574. The summed E-state index contributed by atoms with van der Waals surface area (Å²) in [5.41, 5.74) is 8.53. The number of nitrogens with one attached hydrogen (secondary N) is 3. The summed E-state index contributed by atoms with van der Waals surface area (Å²) in [6.45, 7) is 1.23. The molecular weight excluding hydrogens is 320 g/mol. The number of nitrogens with zero attached hydrogens (tertiary/aromatic N) is 4. The van der Waals surface area contributed by atoms with Gasteiger partial charge in [0.05, 0.1) is 35.1 Å². The van der Waals surface area contributed by atoms with E-state index in [1.54, 1.807) is 18.5 Å². The van der Waals surface area contributed by atoms with Crippen molar-refractivity contribution in [1.82, 2.24) is 15.0 Å². The lowest BCUT2D eigenvalue weighted by atomic mass is 10.1. The number of hydrogen-bond donors (Lipinski definition) is 4. The van der Waals surface area contributed by atoms with E-state index in [0.29, 0.717) is 54.6 Å². The van der Waals surface area contributed by atoms with E-state index in [-0.39, 0.29) is 5.91 Å². The predicted octanol–water partition coefficient (Wildman–Crippen LogP) is 1.13. The summed E-state index contributed by atoms with van der Waals surface area (Å²) in [7, 11) is 0. The number of carbonyl (C=O) groups is 1. The van der Waals surface area contributed by atoms with Crippen LogP contribution in [0.4, 0.5) is 23.0 Å². The number of nitrogens with two attached hydrogens (primary N) is 1. The van der Waals surface area contributed by atoms with Gasteiger partial charge in [0.15, 0.2) is 5.69 Å². The molecule has 0 aromatic carbocycles. The number of aromatic nitrogens is 3. The fourth-order valence-electron chi connectivity index (χ4n) is 2.43. The Bertz CT molecular complexity index is 829. The molecule has 0 aliphatic carbocycles. The first-order valence-corrected chi connectivity index (χ1v) is 7.96. The van der Waals surface area contributed by atoms with Crippen molar-refractivity contribution in [3.8, 4) is 6.07 Å². The van der Waals surface area contributed by atoms with Gasteiger partial charge in [-0.05, 0) is 19.0 Å². The van der Waals surface area contributed by atoms with Crippen LogP contribution >= 0.6 is 0 Å². The van der Waals surface area contributed by atoms with Gasteiger partial charge in [0.1, 0.15) is 6.07 Å². The minimum absolute atomic E-state index is 0.0266. The third kappa shape index (κ3) is 3.99. The summed E-state index contributed by atoms with van der Waals surface area (Å²) in [6, 6.07) is 3.84. The van der Waals surface area contributed by atoms with Crippen LogP contribution in [0.15, 0.2) is 18.5 Å². The monoisotopic (exact) mass is 338 g/mol. The lowest BCUT2D eigenvalue weighted by Crippen LogP contribution is -2.20. The Morgan fingerprint density at radius 3 is 3.00 bits per heavy atom. The molecule has 9 heteroatoms. The number of rotatable bonds is 6. The lowest BCUT2D eigenvalue weighted by molar-refractivity contribution is -0.116. The molecule has 2 aromatic heterocycles. The van der Waals surface area contributed by atoms with Gasteiger partial charge in [-0.2, -0.15) is 5.26 Å². The number of nitriles is 1. The fourth-order valence-corrected chi connectivity index (χ4v) is 2.43. The van der Waals surface area contributed by atoms with Crippen molar-refractivity contribution in [2.24, 2.45) is 5.73 Å². The molecule has 2 aromatic rings. The summed E-state index contributed by atoms with van der Waals surface area (Å²) < 4.78 is 0. The second-order valence-corrected chi connectivity index (χ2v) is 5.53. The van der Waals surface area contributed by atoms with Crippen LogP contribution in [-0.4, -0.2) is 33.9 Å². The van der Waals surface area contributed by atoms with Gasteiger partial charge in [0.25, 0.3) is 0 Å². The smallest absolute Gasteiger partial charge is 0.227 e. The summed E-state index contributed by atoms with van der Waals surface area (Å²) >= 11 is 0. The molecule has 1 amide bonds. The van der Waals surface area contributed by atoms with Gasteiger partial charge in [-0.1, -0.05) is 0 Å². The average Bonchev–Trinajstić information content (AvgIpc) is 2.62. The maximum atomic E-state index is 11.4. The van der Waals surface area contributed by atoms with E-state index < -0.39 is 0 Å². The summed E-state index contributed by atoms with van der Waals surface area (Å²) in [5, 5.41) is 18.1. The number of anilines is 4. The van der Waals surface area contributed by atoms with Crippen LogP contribution in [0.3, 0.4) is 0 Å². The van der Waals surface area contributed by atoms with Crippen molar-refractivity contribution < 1.29 is 4.79 Å². The standard InChI is InChI=1S/C16H18N8O/c17-4-1-5-19-12-6-10(8-20-13(12)7-18)22-16-21-9-14-11(24-16)2-3-15(25)23-14/h6,8-9,19H,1-5,17H2,(H,23,25)(H,21,22,24). The van der Waals surface area contributed by atoms with Gasteiger partial charge in [-0.3, -0.25) is 4.79 Å². The SMILES string of the molecule is N#Cc1ncc(Nc2ncc3c(n2)CCC(=O)N3)cc1NCCCN. The normalized spacial score (nSPS) is 12.7. The number of aryl methyl sites for hydroxylation is 1. The summed E-state index contributed by atoms with van der Waals surface area (Å²) in [4.78, 5) is 24.1. The first kappa shape index (κ1) is 16.6. The van der Waals surface area contributed by atoms with Crippen molar-refractivity contribution in [2.45, 2.75) is 19.3 Å². The molecule has 0 fully saturated rings. The van der Waals surface area contributed by atoms with Crippen LogP contribution in [0.25, 0.3) is 0 Å². The number of pyridine rings is 1. The minimum Gasteiger partial charge on any atom is -0.383 e. The number of hydrogen-bond acceptors (Lipinski definition) is 8. The molecule has 3 heterocycles. The van der Waals surface area contributed by atoms with E-state index in [1.807, 2.05) is 0 Å². The molecule has 0 saturated carbocycles. The lowest BCUT2D eigenvalue weighted by Gasteiger charge is -2.16. The van der Waals surface area contributed by atoms with Crippen molar-refractivity contribution in [1.29, 1.82) is 5.26 Å². The van der Waals surface area contributed by atoms with E-state index in [0.717, 1.165) is 12.1 Å². The Balaban J connectivity index is 1.77. The molecule has 0 spiro atoms. The molecule has 1 aliphatic rings. The minimum atomic E-state index is -0.0266. The van der Waals surface area contributed by atoms with Crippen LogP contribution < -0.4 is 21.7 Å². The topological polar surface area (TPSA) is 142 Å². The highest BCUT2D eigenvalue weighted by Crippen LogP contribution is 2.23. The zero-order valence-corrected chi connectivity index (χ0v) is 13.5. The van der Waals surface area contributed by atoms with Gasteiger partial charge in [0.2, 0.25) is 11.9 Å². The molecule has 3 rings (SSSR count). The molecule has 0 saturated heterocycles. The zero-order valence-electron chi connectivity index (χ0n) is 13.5. The highest BCUT2D eigenvalue weighted by atomic mass is 16.1. The van der Waals surface area contributed by atoms with E-state index in [2.05, 4.69) is 37.0 Å². The molecule has 5 N–H and O–H groups in total. The number of fused-ring (bicyclic) bond motifs is 1. The Labute approximate surface area is 144 Å². The molecule has 25 heavy (non-hydrogen) atoms. The Morgan fingerprint density at radius 2 is 2.20 bits per heavy atom. The molecule has 0 unspecified atom stereocenters. The summed E-state index contributed by atoms with van der Waals surface area (Å²) in [6.07, 6.45) is 4.92. The molecule has 128 valence electrons. The van der Waals surface area contributed by atoms with Gasteiger partial charge >= 0.3 is 0 Å². The van der Waals surface area contributed by atoms with Gasteiger partial charge in [0, 0.05) is 19.4 Å². The van der Waals surface area contributed by atoms with Crippen LogP contribution in [0.2, 0.25) is 0 Å². The van der Waals surface area contributed by atoms with E-state index in [9.17, 15) is 4.79 Å². The summed E-state index contributed by atoms with van der Waals surface area (Å²) in [5.74, 6) is 0.385. The molecule has 9 nitrogen and oxygen atoms in total. The van der Waals surface area contributed by atoms with Crippen LogP contribution in [0.1, 0.15) is 24.2 Å². The van der Waals surface area contributed by atoms with Gasteiger partial charge < -0.3 is 21.7 Å². The Hall–Kier alpha value is -3.25. The van der Waals surface area contributed by atoms with Crippen LogP contribution in [-0.2, 0) is 11.2 Å². The molecule has 0 atom stereocenters. The maximum Gasteiger partial charge on any atom is 0.227 e. The maximum absolute atomic E-state index is 11.4. The second-order valence-electron chi connectivity index (χ2n) is 5.53. The van der Waals surface area contributed by atoms with E-state index in [1.165, 1.54) is 0 Å². The van der Waals surface area contributed by atoms with Gasteiger partial charge in [-0.25, -0.2) is 15.0 Å². The third-order valence-corrected chi connectivity index (χ3v) is 3.68. The largest absolute Gasteiger partial charge is 0.383 e. The predicted molar refractivity (Wildman–Crippen MR) is 93.4 cm³/mol. The molecule has 0 radical (unpaired) electrons. The third-order valence-electron chi connectivity index (χ3n) is 3.68. The van der Waals surface area contributed by atoms with Crippen molar-refractivity contribution in [2.75, 3.05) is 29.0 Å². The van der Waals surface area contributed by atoms with Crippen molar-refractivity contribution in [3.63, 3.8) is 0 Å². The highest BCUT2D eigenvalue weighted by Gasteiger charge is 2.17. The van der Waals surface area contributed by atoms with E-state index in [4.69, 9.17) is 11.0 Å². The average molecular weight is 338 g/mol. The van der Waals surface area contributed by atoms with Gasteiger partial charge in [-0.15, -0.1) is 0 Å². The first-order valence-electron chi connectivity index (χ1n) is 7.96. The van der Waals surface area contributed by atoms with Crippen LogP contribution in [0, 0.1) is 11.3 Å². The fraction of sp³-hybridized carbons (Fsp3) is 0.312. The zero-order chi connectivity index (χ0) is 17.6. The van der Waals surface area contributed by atoms with E-state index >= 15 is 0 Å². The van der Waals surface area contributed by atoms with Crippen LogP contribution in [0.5, 0.6) is 0 Å².